The van der Waals surface area contributed by atoms with Gasteiger partial charge in [0.1, 0.15) is 0 Å². The molecular weight excluding hydrogens is 572 g/mol. The third-order valence-electron chi connectivity index (χ3n) is 8.29. The fourth-order valence-corrected chi connectivity index (χ4v) is 6.78. The van der Waals surface area contributed by atoms with Crippen LogP contribution in [-0.2, 0) is 16.0 Å². The lowest BCUT2D eigenvalue weighted by Crippen LogP contribution is -2.50. The van der Waals surface area contributed by atoms with E-state index in [1.54, 1.807) is 18.5 Å². The summed E-state index contributed by atoms with van der Waals surface area (Å²) in [6, 6.07) is 7.52. The average molecular weight is 603 g/mol. The van der Waals surface area contributed by atoms with E-state index in [1.165, 1.54) is 20.8 Å². The van der Waals surface area contributed by atoms with Crippen LogP contribution < -0.4 is 14.8 Å². The zero-order valence-electron chi connectivity index (χ0n) is 23.6. The summed E-state index contributed by atoms with van der Waals surface area (Å²) >= 11 is 1.52. The second-order valence-electron chi connectivity index (χ2n) is 11.2. The molecule has 0 aliphatic carbocycles. The number of thiazole rings is 1. The Kier molecular flexibility index (Phi) is 6.92. The molecule has 1 N–H and O–H groups in total. The van der Waals surface area contributed by atoms with Crippen LogP contribution in [-0.4, -0.2) is 98.0 Å². The monoisotopic (exact) mass is 602 g/mol. The predicted molar refractivity (Wildman–Crippen MR) is 154 cm³/mol. The molecule has 0 saturated carbocycles. The number of aryl methyl sites for hydroxylation is 1. The summed E-state index contributed by atoms with van der Waals surface area (Å²) in [4.78, 5) is 56.4. The lowest BCUT2D eigenvalue weighted by molar-refractivity contribution is -0.130. The van der Waals surface area contributed by atoms with Crippen LogP contribution in [0.1, 0.15) is 39.2 Å². The largest absolute Gasteiger partial charge is 0.490 e. The van der Waals surface area contributed by atoms with Gasteiger partial charge >= 0.3 is 0 Å². The highest BCUT2D eigenvalue weighted by atomic mass is 32.1. The minimum atomic E-state index is -0.553. The van der Waals surface area contributed by atoms with Crippen molar-refractivity contribution in [3.8, 4) is 11.5 Å². The van der Waals surface area contributed by atoms with Crippen molar-refractivity contribution in [2.75, 3.05) is 45.9 Å². The summed E-state index contributed by atoms with van der Waals surface area (Å²) in [5, 5.41) is 10.1. The average Bonchev–Trinajstić information content (AvgIpc) is 3.73. The minimum Gasteiger partial charge on any atom is -0.490 e. The van der Waals surface area contributed by atoms with Gasteiger partial charge in [0.05, 0.1) is 36.9 Å². The van der Waals surface area contributed by atoms with Gasteiger partial charge in [0.25, 0.3) is 11.7 Å². The molecule has 13 nitrogen and oxygen atoms in total. The smallest absolute Gasteiger partial charge is 0.294 e. The van der Waals surface area contributed by atoms with Crippen molar-refractivity contribution >= 4 is 34.8 Å². The Hall–Kier alpha value is -4.59. The summed E-state index contributed by atoms with van der Waals surface area (Å²) in [5.74, 6) is 0.700. The maximum Gasteiger partial charge on any atom is 0.294 e. The zero-order valence-corrected chi connectivity index (χ0v) is 24.4. The van der Waals surface area contributed by atoms with E-state index < -0.39 is 11.3 Å². The Labute approximate surface area is 250 Å². The molecule has 222 valence electrons. The molecule has 3 amide bonds. The summed E-state index contributed by atoms with van der Waals surface area (Å²) in [5.41, 5.74) is 1.18. The molecule has 4 aromatic rings. The molecule has 2 atom stereocenters. The van der Waals surface area contributed by atoms with Crippen molar-refractivity contribution < 1.29 is 23.9 Å². The van der Waals surface area contributed by atoms with Crippen LogP contribution in [0.5, 0.6) is 11.5 Å². The zero-order chi connectivity index (χ0) is 29.6. The number of amides is 3. The fourth-order valence-electron chi connectivity index (χ4n) is 6.17. The first-order chi connectivity index (χ1) is 20.9. The van der Waals surface area contributed by atoms with Gasteiger partial charge in [-0.3, -0.25) is 14.4 Å². The maximum absolute atomic E-state index is 13.4. The number of carbonyl (C=O) groups excluding carboxylic acids is 3. The van der Waals surface area contributed by atoms with Gasteiger partial charge in [-0.05, 0) is 25.5 Å². The highest BCUT2D eigenvalue weighted by molar-refractivity contribution is 7.09. The van der Waals surface area contributed by atoms with Gasteiger partial charge in [-0.15, -0.1) is 16.4 Å². The van der Waals surface area contributed by atoms with E-state index in [0.717, 1.165) is 16.3 Å². The normalized spacial score (nSPS) is 22.0. The number of likely N-dealkylation sites (tertiary alicyclic amines) is 1. The molecule has 1 fully saturated rings. The van der Waals surface area contributed by atoms with Gasteiger partial charge in [-0.25, -0.2) is 14.5 Å². The van der Waals surface area contributed by atoms with Gasteiger partial charge < -0.3 is 24.6 Å². The fraction of sp³-hybridized carbons (Fsp3) is 0.414. The number of hydrogen-bond acceptors (Lipinski definition) is 10. The Balaban J connectivity index is 1.15. The number of benzene rings is 1. The van der Waals surface area contributed by atoms with Gasteiger partial charge in [-0.2, -0.15) is 4.98 Å². The van der Waals surface area contributed by atoms with Gasteiger partial charge in [0.15, 0.2) is 11.5 Å². The molecule has 1 spiro atoms. The molecule has 4 aliphatic rings. The van der Waals surface area contributed by atoms with E-state index in [9.17, 15) is 14.4 Å². The number of carbonyl (C=O) groups is 3. The van der Waals surface area contributed by atoms with E-state index in [-0.39, 0.29) is 49.6 Å². The Morgan fingerprint density at radius 3 is 2.93 bits per heavy atom. The second-order valence-corrected chi connectivity index (χ2v) is 12.3. The van der Waals surface area contributed by atoms with Crippen molar-refractivity contribution in [1.82, 2.24) is 39.7 Å². The van der Waals surface area contributed by atoms with Crippen molar-refractivity contribution in [3.63, 3.8) is 0 Å². The van der Waals surface area contributed by atoms with Crippen LogP contribution in [0.2, 0.25) is 0 Å². The number of hydrogen-bond donors (Lipinski definition) is 1. The van der Waals surface area contributed by atoms with Crippen LogP contribution >= 0.6 is 11.3 Å². The van der Waals surface area contributed by atoms with Crippen LogP contribution in [0.15, 0.2) is 42.0 Å². The van der Waals surface area contributed by atoms with Crippen molar-refractivity contribution in [1.29, 1.82) is 0 Å². The van der Waals surface area contributed by atoms with Crippen LogP contribution in [0, 0.1) is 12.3 Å². The molecular formula is C29H30N8O5S. The second kappa shape index (κ2) is 10.9. The van der Waals surface area contributed by atoms with Crippen LogP contribution in [0.25, 0.3) is 5.78 Å². The molecule has 4 aliphatic heterocycles. The first-order valence-electron chi connectivity index (χ1n) is 14.2. The molecule has 0 unspecified atom stereocenters. The molecule has 14 heteroatoms. The standard InChI is InChI=1S/C29H30N8O5S/c1-18-32-19(14-43-18)11-24(39)36-12-21-20-5-2-6-22-25(20)42-17-29(21,16-36)15-31-23(38)13-35(8-4-10-41-22)27(40)26-33-28-30-7-3-9-37(28)34-26/h2-3,5-7,9,14,21H,4,8,10-13,15-17H2,1H3,(H,31,38)/t21-,29+/m0/s1. The Morgan fingerprint density at radius 2 is 2.09 bits per heavy atom. The van der Waals surface area contributed by atoms with E-state index in [1.807, 2.05) is 35.4 Å². The van der Waals surface area contributed by atoms with Gasteiger partial charge in [0.2, 0.25) is 17.6 Å². The summed E-state index contributed by atoms with van der Waals surface area (Å²) in [6.45, 7) is 3.82. The van der Waals surface area contributed by atoms with E-state index >= 15 is 0 Å². The number of rotatable bonds is 3. The molecule has 1 aromatic carbocycles. The first-order valence-corrected chi connectivity index (χ1v) is 15.1. The van der Waals surface area contributed by atoms with Gasteiger partial charge in [-0.1, -0.05) is 12.1 Å². The highest BCUT2D eigenvalue weighted by Gasteiger charge is 2.53. The van der Waals surface area contributed by atoms with Crippen molar-refractivity contribution in [2.45, 2.75) is 25.7 Å². The summed E-state index contributed by atoms with van der Waals surface area (Å²) in [7, 11) is 0. The minimum absolute atomic E-state index is 0.0107. The van der Waals surface area contributed by atoms with Gasteiger partial charge in [0, 0.05) is 60.8 Å². The number of para-hydroxylation sites is 1. The lowest BCUT2D eigenvalue weighted by atomic mass is 9.73. The molecule has 8 rings (SSSR count). The van der Waals surface area contributed by atoms with Crippen LogP contribution in [0.4, 0.5) is 0 Å². The van der Waals surface area contributed by atoms with E-state index in [0.29, 0.717) is 50.0 Å². The van der Waals surface area contributed by atoms with Crippen molar-refractivity contribution in [3.05, 3.63) is 64.1 Å². The molecule has 7 heterocycles. The maximum atomic E-state index is 13.4. The Bertz CT molecular complexity index is 1690. The molecule has 0 radical (unpaired) electrons. The molecule has 1 saturated heterocycles. The van der Waals surface area contributed by atoms with Crippen LogP contribution in [0.3, 0.4) is 0 Å². The summed E-state index contributed by atoms with van der Waals surface area (Å²) in [6.07, 6.45) is 3.92. The third-order valence-corrected chi connectivity index (χ3v) is 9.11. The molecule has 3 aromatic heterocycles. The quantitative estimate of drug-likeness (QED) is 0.369. The Morgan fingerprint density at radius 1 is 1.19 bits per heavy atom. The predicted octanol–water partition coefficient (Wildman–Crippen LogP) is 1.48. The highest BCUT2D eigenvalue weighted by Crippen LogP contribution is 2.52. The molecule has 43 heavy (non-hydrogen) atoms. The number of nitrogens with one attached hydrogen (secondary N) is 1. The molecule has 4 bridgehead atoms. The number of fused-ring (bicyclic) bond motifs is 10. The number of nitrogens with zero attached hydrogens (tertiary/aromatic N) is 7. The van der Waals surface area contributed by atoms with E-state index in [2.05, 4.69) is 25.4 Å². The van der Waals surface area contributed by atoms with E-state index in [4.69, 9.17) is 9.47 Å². The third kappa shape index (κ3) is 5.15. The van der Waals surface area contributed by atoms with Crippen molar-refractivity contribution in [2.24, 2.45) is 5.41 Å². The lowest BCUT2D eigenvalue weighted by Gasteiger charge is -2.40. The number of ether oxygens (including phenoxy) is 2. The number of aromatic nitrogens is 5. The summed E-state index contributed by atoms with van der Waals surface area (Å²) < 4.78 is 13.9. The first kappa shape index (κ1) is 27.3. The SMILES string of the molecule is Cc1nc(CC(=O)N2C[C@H]3c4cccc5c4OC[C@@]3(CNC(=O)CN(C(=O)c3nc4ncccn4n3)CCCO5)C2)cs1. The topological polar surface area (TPSA) is 144 Å².